The zero-order valence-corrected chi connectivity index (χ0v) is 10.7. The first-order chi connectivity index (χ1) is 6.59. The van der Waals surface area contributed by atoms with Gasteiger partial charge in [0.1, 0.15) is 0 Å². The summed E-state index contributed by atoms with van der Waals surface area (Å²) in [4.78, 5) is 11.0. The van der Waals surface area contributed by atoms with Crippen LogP contribution in [0.2, 0.25) is 0 Å². The summed E-state index contributed by atoms with van der Waals surface area (Å²) in [5.74, 6) is -0.322. The van der Waals surface area contributed by atoms with Crippen molar-refractivity contribution in [1.82, 2.24) is 0 Å². The third-order valence-electron chi connectivity index (χ3n) is 2.28. The van der Waals surface area contributed by atoms with Gasteiger partial charge >= 0.3 is 5.97 Å². The van der Waals surface area contributed by atoms with Crippen molar-refractivity contribution in [1.29, 1.82) is 0 Å². The van der Waals surface area contributed by atoms with E-state index in [1.54, 1.807) is 0 Å². The van der Waals surface area contributed by atoms with Crippen LogP contribution in [0.3, 0.4) is 0 Å². The second-order valence-electron chi connectivity index (χ2n) is 3.34. The topological polar surface area (TPSA) is 44.8 Å². The first-order valence-electron chi connectivity index (χ1n) is 4.32. The average molecular weight is 330 g/mol. The van der Waals surface area contributed by atoms with Gasteiger partial charge in [-0.1, -0.05) is 31.9 Å². The van der Waals surface area contributed by atoms with Crippen LogP contribution in [0.1, 0.15) is 6.92 Å². The minimum Gasteiger partial charge on any atom is -0.456 e. The number of rotatable bonds is 1. The molecule has 0 aromatic rings. The van der Waals surface area contributed by atoms with Crippen molar-refractivity contribution in [3.63, 3.8) is 0 Å². The molecule has 2 saturated heterocycles. The molecule has 0 amide bonds. The monoisotopic (exact) mass is 328 g/mol. The molecular formula is C8H10Br2O4. The fourth-order valence-corrected chi connectivity index (χ4v) is 2.90. The number of fused-ring (bicyclic) bond motifs is 2. The number of hydrogen-bond acceptors (Lipinski definition) is 4. The summed E-state index contributed by atoms with van der Waals surface area (Å²) in [7, 11) is 0. The standard InChI is InChI=1S/C8H10Br2O4/c1-3(11)13-7-6(10)5(9)4-2-12-8(7)14-4/h4-8H,2H2,1H3/t4-,5-,6+,7-,8-/m1/s1. The third kappa shape index (κ3) is 1.85. The molecular weight excluding hydrogens is 320 g/mol. The van der Waals surface area contributed by atoms with E-state index in [-0.39, 0.29) is 27.8 Å². The fourth-order valence-electron chi connectivity index (χ4n) is 1.63. The van der Waals surface area contributed by atoms with Gasteiger partial charge in [0.2, 0.25) is 0 Å². The summed E-state index contributed by atoms with van der Waals surface area (Å²) in [5, 5.41) is 0. The molecule has 6 heteroatoms. The van der Waals surface area contributed by atoms with E-state index in [2.05, 4.69) is 31.9 Å². The van der Waals surface area contributed by atoms with Crippen LogP contribution in [-0.2, 0) is 19.0 Å². The van der Waals surface area contributed by atoms with Gasteiger partial charge in [0, 0.05) is 6.92 Å². The van der Waals surface area contributed by atoms with Gasteiger partial charge in [0.05, 0.1) is 22.4 Å². The van der Waals surface area contributed by atoms with E-state index in [1.165, 1.54) is 6.92 Å². The lowest BCUT2D eigenvalue weighted by Gasteiger charge is -2.34. The quantitative estimate of drug-likeness (QED) is 0.535. The molecule has 2 rings (SSSR count). The Bertz CT molecular complexity index is 247. The fraction of sp³-hybridized carbons (Fsp3) is 0.875. The van der Waals surface area contributed by atoms with Crippen LogP contribution in [0.15, 0.2) is 0 Å². The summed E-state index contributed by atoms with van der Waals surface area (Å²) in [6.07, 6.45) is -0.770. The summed E-state index contributed by atoms with van der Waals surface area (Å²) in [6.45, 7) is 1.92. The first-order valence-corrected chi connectivity index (χ1v) is 6.15. The molecule has 4 nitrogen and oxygen atoms in total. The number of alkyl halides is 2. The van der Waals surface area contributed by atoms with E-state index in [0.29, 0.717) is 6.61 Å². The highest BCUT2D eigenvalue weighted by atomic mass is 79.9. The largest absolute Gasteiger partial charge is 0.456 e. The Labute approximate surface area is 98.5 Å². The van der Waals surface area contributed by atoms with Crippen molar-refractivity contribution in [3.05, 3.63) is 0 Å². The molecule has 0 radical (unpaired) electrons. The molecule has 2 bridgehead atoms. The summed E-state index contributed by atoms with van der Waals surface area (Å²) < 4.78 is 16.0. The van der Waals surface area contributed by atoms with Crippen molar-refractivity contribution < 1.29 is 19.0 Å². The zero-order valence-electron chi connectivity index (χ0n) is 7.48. The van der Waals surface area contributed by atoms with E-state index in [0.717, 1.165) is 0 Å². The number of hydrogen-bond donors (Lipinski definition) is 0. The Morgan fingerprint density at radius 3 is 2.79 bits per heavy atom. The second-order valence-corrected chi connectivity index (χ2v) is 5.45. The van der Waals surface area contributed by atoms with Gasteiger partial charge in [-0.2, -0.15) is 0 Å². The van der Waals surface area contributed by atoms with Gasteiger partial charge in [0.15, 0.2) is 12.4 Å². The molecule has 2 fully saturated rings. The van der Waals surface area contributed by atoms with Gasteiger partial charge < -0.3 is 14.2 Å². The minimum atomic E-state index is -0.429. The van der Waals surface area contributed by atoms with E-state index < -0.39 is 6.29 Å². The van der Waals surface area contributed by atoms with Crippen molar-refractivity contribution in [3.8, 4) is 0 Å². The molecule has 0 aromatic heterocycles. The van der Waals surface area contributed by atoms with E-state index >= 15 is 0 Å². The zero-order chi connectivity index (χ0) is 10.3. The molecule has 0 aliphatic carbocycles. The smallest absolute Gasteiger partial charge is 0.303 e. The Hall–Kier alpha value is 0.350. The molecule has 80 valence electrons. The van der Waals surface area contributed by atoms with Gasteiger partial charge in [-0.25, -0.2) is 0 Å². The molecule has 0 N–H and O–H groups in total. The van der Waals surface area contributed by atoms with Gasteiger partial charge in [-0.15, -0.1) is 0 Å². The third-order valence-corrected chi connectivity index (χ3v) is 5.24. The minimum absolute atomic E-state index is 0.0256. The van der Waals surface area contributed by atoms with Crippen LogP contribution in [0.5, 0.6) is 0 Å². The van der Waals surface area contributed by atoms with Crippen LogP contribution >= 0.6 is 31.9 Å². The number of ether oxygens (including phenoxy) is 3. The second kappa shape index (κ2) is 4.08. The van der Waals surface area contributed by atoms with E-state index in [4.69, 9.17) is 14.2 Å². The van der Waals surface area contributed by atoms with Crippen LogP contribution in [-0.4, -0.2) is 40.7 Å². The molecule has 2 aliphatic heterocycles. The van der Waals surface area contributed by atoms with Crippen LogP contribution in [0, 0.1) is 0 Å². The van der Waals surface area contributed by atoms with Crippen LogP contribution < -0.4 is 0 Å². The van der Waals surface area contributed by atoms with E-state index in [9.17, 15) is 4.79 Å². The molecule has 14 heavy (non-hydrogen) atoms. The van der Waals surface area contributed by atoms with E-state index in [1.807, 2.05) is 0 Å². The molecule has 5 atom stereocenters. The molecule has 2 aliphatic rings. The normalized spacial score (nSPS) is 46.4. The summed E-state index contributed by atoms with van der Waals surface area (Å²) >= 11 is 6.98. The predicted molar refractivity (Wildman–Crippen MR) is 55.6 cm³/mol. The highest BCUT2D eigenvalue weighted by Gasteiger charge is 2.50. The number of carbonyl (C=O) groups is 1. The Morgan fingerprint density at radius 2 is 2.14 bits per heavy atom. The maximum atomic E-state index is 10.9. The van der Waals surface area contributed by atoms with Crippen molar-refractivity contribution in [2.45, 2.75) is 35.1 Å². The van der Waals surface area contributed by atoms with Crippen molar-refractivity contribution in [2.75, 3.05) is 6.61 Å². The SMILES string of the molecule is CC(=O)O[C@H]1[C@@H]2OC[C@@H](O2)[C@@H](Br)[C@@H]1Br. The Morgan fingerprint density at radius 1 is 1.43 bits per heavy atom. The number of esters is 1. The summed E-state index contributed by atoms with van der Waals surface area (Å²) in [6, 6.07) is 0. The average Bonchev–Trinajstić information content (AvgIpc) is 2.55. The lowest BCUT2D eigenvalue weighted by molar-refractivity contribution is -0.182. The molecule has 0 spiro atoms. The van der Waals surface area contributed by atoms with Crippen LogP contribution in [0.4, 0.5) is 0 Å². The lowest BCUT2D eigenvalue weighted by Crippen LogP contribution is -2.50. The molecule has 2 heterocycles. The molecule has 0 saturated carbocycles. The molecule has 0 aromatic carbocycles. The van der Waals surface area contributed by atoms with Crippen LogP contribution in [0.25, 0.3) is 0 Å². The van der Waals surface area contributed by atoms with Crippen molar-refractivity contribution >= 4 is 37.8 Å². The lowest BCUT2D eigenvalue weighted by atomic mass is 10.1. The number of carbonyl (C=O) groups excluding carboxylic acids is 1. The summed E-state index contributed by atoms with van der Waals surface area (Å²) in [5.41, 5.74) is 0. The van der Waals surface area contributed by atoms with Gasteiger partial charge in [-0.3, -0.25) is 4.79 Å². The highest BCUT2D eigenvalue weighted by Crippen LogP contribution is 2.37. The first kappa shape index (κ1) is 10.9. The van der Waals surface area contributed by atoms with Crippen molar-refractivity contribution in [2.24, 2.45) is 0 Å². The Kier molecular flexibility index (Phi) is 3.16. The number of halogens is 2. The molecule has 0 unspecified atom stereocenters. The highest BCUT2D eigenvalue weighted by molar-refractivity contribution is 9.12. The maximum Gasteiger partial charge on any atom is 0.303 e. The maximum absolute atomic E-state index is 10.9. The predicted octanol–water partition coefficient (Wildman–Crippen LogP) is 1.20. The Balaban J connectivity index is 2.10. The van der Waals surface area contributed by atoms with Gasteiger partial charge in [0.25, 0.3) is 0 Å². The van der Waals surface area contributed by atoms with Gasteiger partial charge in [-0.05, 0) is 0 Å².